The molecule has 2 amide bonds. The molecule has 2 rings (SSSR count). The van der Waals surface area contributed by atoms with Crippen molar-refractivity contribution >= 4 is 11.8 Å². The lowest BCUT2D eigenvalue weighted by Crippen LogP contribution is -2.36. The summed E-state index contributed by atoms with van der Waals surface area (Å²) in [6.45, 7) is 1.91. The standard InChI is InChI=1S/C10H16N2O3/c1-15-8-2-3-12(6-8)10(14)7-4-9(13)11-5-7/h7-8H,2-6H2,1H3,(H,11,13). The van der Waals surface area contributed by atoms with Crippen LogP contribution in [-0.4, -0.2) is 49.6 Å². The van der Waals surface area contributed by atoms with E-state index < -0.39 is 0 Å². The molecule has 0 aromatic rings. The van der Waals surface area contributed by atoms with E-state index in [0.29, 0.717) is 19.5 Å². The number of amides is 2. The lowest BCUT2D eigenvalue weighted by molar-refractivity contribution is -0.135. The summed E-state index contributed by atoms with van der Waals surface area (Å²) in [5.41, 5.74) is 0. The highest BCUT2D eigenvalue weighted by atomic mass is 16.5. The minimum absolute atomic E-state index is 0.0177. The van der Waals surface area contributed by atoms with Crippen molar-refractivity contribution in [2.45, 2.75) is 18.9 Å². The van der Waals surface area contributed by atoms with Crippen LogP contribution in [-0.2, 0) is 14.3 Å². The summed E-state index contributed by atoms with van der Waals surface area (Å²) in [7, 11) is 1.67. The Balaban J connectivity index is 1.89. The molecule has 2 aliphatic heterocycles. The van der Waals surface area contributed by atoms with Gasteiger partial charge in [-0.2, -0.15) is 0 Å². The third-order valence-electron chi connectivity index (χ3n) is 3.12. The Kier molecular flexibility index (Phi) is 2.90. The second-order valence-electron chi connectivity index (χ2n) is 4.14. The van der Waals surface area contributed by atoms with E-state index in [-0.39, 0.29) is 23.8 Å². The zero-order chi connectivity index (χ0) is 10.8. The first-order valence-electron chi connectivity index (χ1n) is 5.29. The molecule has 2 unspecified atom stereocenters. The second-order valence-corrected chi connectivity index (χ2v) is 4.14. The predicted octanol–water partition coefficient (Wildman–Crippen LogP) is -0.630. The van der Waals surface area contributed by atoms with Gasteiger partial charge in [0.05, 0.1) is 12.0 Å². The summed E-state index contributed by atoms with van der Waals surface area (Å²) < 4.78 is 5.20. The van der Waals surface area contributed by atoms with Crippen LogP contribution in [0.3, 0.4) is 0 Å². The fraction of sp³-hybridized carbons (Fsp3) is 0.800. The molecule has 15 heavy (non-hydrogen) atoms. The highest BCUT2D eigenvalue weighted by Gasteiger charge is 2.34. The Morgan fingerprint density at radius 2 is 2.40 bits per heavy atom. The molecule has 0 spiro atoms. The normalized spacial score (nSPS) is 30.7. The summed E-state index contributed by atoms with van der Waals surface area (Å²) in [4.78, 5) is 24.7. The molecule has 0 aliphatic carbocycles. The Morgan fingerprint density at radius 1 is 1.60 bits per heavy atom. The monoisotopic (exact) mass is 212 g/mol. The van der Waals surface area contributed by atoms with Crippen molar-refractivity contribution < 1.29 is 14.3 Å². The maximum Gasteiger partial charge on any atom is 0.228 e. The molecule has 2 saturated heterocycles. The summed E-state index contributed by atoms with van der Waals surface area (Å²) in [6, 6.07) is 0. The van der Waals surface area contributed by atoms with Crippen molar-refractivity contribution in [1.82, 2.24) is 10.2 Å². The van der Waals surface area contributed by atoms with E-state index in [1.54, 1.807) is 12.0 Å². The maximum atomic E-state index is 11.9. The number of hydrogen-bond donors (Lipinski definition) is 1. The van der Waals surface area contributed by atoms with Gasteiger partial charge in [-0.1, -0.05) is 0 Å². The number of hydrogen-bond acceptors (Lipinski definition) is 3. The Bertz CT molecular complexity index is 280. The third kappa shape index (κ3) is 2.12. The molecule has 2 fully saturated rings. The molecule has 2 aliphatic rings. The van der Waals surface area contributed by atoms with E-state index in [1.807, 2.05) is 0 Å². The third-order valence-corrected chi connectivity index (χ3v) is 3.12. The molecule has 2 atom stereocenters. The summed E-state index contributed by atoms with van der Waals surface area (Å²) in [6.07, 6.45) is 1.41. The molecule has 5 nitrogen and oxygen atoms in total. The van der Waals surface area contributed by atoms with E-state index in [2.05, 4.69) is 5.32 Å². The molecule has 2 heterocycles. The quantitative estimate of drug-likeness (QED) is 0.663. The highest BCUT2D eigenvalue weighted by molar-refractivity contribution is 5.89. The van der Waals surface area contributed by atoms with Crippen LogP contribution in [0.1, 0.15) is 12.8 Å². The summed E-state index contributed by atoms with van der Waals surface area (Å²) in [5.74, 6) is -0.0863. The number of methoxy groups -OCH3 is 1. The van der Waals surface area contributed by atoms with Crippen molar-refractivity contribution in [2.75, 3.05) is 26.7 Å². The fourth-order valence-electron chi connectivity index (χ4n) is 2.16. The van der Waals surface area contributed by atoms with Crippen LogP contribution in [0.15, 0.2) is 0 Å². The number of carbonyl (C=O) groups excluding carboxylic acids is 2. The van der Waals surface area contributed by atoms with Crippen LogP contribution in [0.4, 0.5) is 0 Å². The van der Waals surface area contributed by atoms with Gasteiger partial charge in [0.2, 0.25) is 11.8 Å². The maximum absolute atomic E-state index is 11.9. The average Bonchev–Trinajstić information content (AvgIpc) is 2.84. The van der Waals surface area contributed by atoms with Crippen LogP contribution in [0.2, 0.25) is 0 Å². The average molecular weight is 212 g/mol. The first kappa shape index (κ1) is 10.4. The molecular formula is C10H16N2O3. The Labute approximate surface area is 88.8 Å². The van der Waals surface area contributed by atoms with Crippen molar-refractivity contribution in [3.8, 4) is 0 Å². The van der Waals surface area contributed by atoms with E-state index in [4.69, 9.17) is 4.74 Å². The number of likely N-dealkylation sites (tertiary alicyclic amines) is 1. The van der Waals surface area contributed by atoms with Gasteiger partial charge in [-0.3, -0.25) is 9.59 Å². The lowest BCUT2D eigenvalue weighted by atomic mass is 10.1. The SMILES string of the molecule is COC1CCN(C(=O)C2CNC(=O)C2)C1. The highest BCUT2D eigenvalue weighted by Crippen LogP contribution is 2.18. The zero-order valence-corrected chi connectivity index (χ0v) is 8.86. The van der Waals surface area contributed by atoms with Gasteiger partial charge < -0.3 is 15.0 Å². The number of rotatable bonds is 2. The first-order chi connectivity index (χ1) is 7.20. The zero-order valence-electron chi connectivity index (χ0n) is 8.86. The number of nitrogens with zero attached hydrogens (tertiary/aromatic N) is 1. The van der Waals surface area contributed by atoms with E-state index >= 15 is 0 Å². The summed E-state index contributed by atoms with van der Waals surface area (Å²) >= 11 is 0. The van der Waals surface area contributed by atoms with Gasteiger partial charge in [0.15, 0.2) is 0 Å². The van der Waals surface area contributed by atoms with Gasteiger partial charge in [-0.15, -0.1) is 0 Å². The number of ether oxygens (including phenoxy) is 1. The van der Waals surface area contributed by atoms with E-state index in [9.17, 15) is 9.59 Å². The van der Waals surface area contributed by atoms with Crippen molar-refractivity contribution in [3.63, 3.8) is 0 Å². The molecule has 5 heteroatoms. The molecule has 0 aromatic heterocycles. The lowest BCUT2D eigenvalue weighted by Gasteiger charge is -2.19. The van der Waals surface area contributed by atoms with Gasteiger partial charge in [0, 0.05) is 33.2 Å². The topological polar surface area (TPSA) is 58.6 Å². The molecule has 84 valence electrons. The van der Waals surface area contributed by atoms with Crippen molar-refractivity contribution in [1.29, 1.82) is 0 Å². The molecule has 1 N–H and O–H groups in total. The largest absolute Gasteiger partial charge is 0.380 e. The number of carbonyl (C=O) groups is 2. The van der Waals surface area contributed by atoms with Crippen LogP contribution in [0, 0.1) is 5.92 Å². The minimum atomic E-state index is -0.159. The molecule has 0 saturated carbocycles. The minimum Gasteiger partial charge on any atom is -0.380 e. The van der Waals surface area contributed by atoms with Crippen LogP contribution >= 0.6 is 0 Å². The van der Waals surface area contributed by atoms with Gasteiger partial charge in [0.25, 0.3) is 0 Å². The van der Waals surface area contributed by atoms with Gasteiger partial charge in [-0.05, 0) is 6.42 Å². The van der Waals surface area contributed by atoms with Gasteiger partial charge >= 0.3 is 0 Å². The van der Waals surface area contributed by atoms with E-state index in [0.717, 1.165) is 13.0 Å². The van der Waals surface area contributed by atoms with Crippen molar-refractivity contribution in [3.05, 3.63) is 0 Å². The summed E-state index contributed by atoms with van der Waals surface area (Å²) in [5, 5.41) is 2.68. The Morgan fingerprint density at radius 3 is 2.93 bits per heavy atom. The van der Waals surface area contributed by atoms with Gasteiger partial charge in [0.1, 0.15) is 0 Å². The Hall–Kier alpha value is -1.10. The fourth-order valence-corrected chi connectivity index (χ4v) is 2.16. The van der Waals surface area contributed by atoms with Gasteiger partial charge in [-0.25, -0.2) is 0 Å². The second kappa shape index (κ2) is 4.18. The predicted molar refractivity (Wildman–Crippen MR) is 53.1 cm³/mol. The van der Waals surface area contributed by atoms with E-state index in [1.165, 1.54) is 0 Å². The first-order valence-corrected chi connectivity index (χ1v) is 5.29. The number of nitrogens with one attached hydrogen (secondary N) is 1. The molecule has 0 bridgehead atoms. The molecule has 0 aromatic carbocycles. The smallest absolute Gasteiger partial charge is 0.228 e. The van der Waals surface area contributed by atoms with Crippen LogP contribution in [0.25, 0.3) is 0 Å². The molecule has 0 radical (unpaired) electrons. The van der Waals surface area contributed by atoms with Crippen LogP contribution in [0.5, 0.6) is 0 Å². The van der Waals surface area contributed by atoms with Crippen LogP contribution < -0.4 is 5.32 Å². The molecular weight excluding hydrogens is 196 g/mol. The van der Waals surface area contributed by atoms with Crippen molar-refractivity contribution in [2.24, 2.45) is 5.92 Å².